The molecule has 2 aromatic carbocycles. The lowest BCUT2D eigenvalue weighted by atomic mass is 9.77. The first-order valence-electron chi connectivity index (χ1n) is 12.9. The van der Waals surface area contributed by atoms with Gasteiger partial charge in [0.25, 0.3) is 0 Å². The SMILES string of the molecule is CC1(O)CC(n2cnc3cc(OCCN4CCC5(CC4)OC(=O)Nc4ccc(Cl)cc45)cc(C(F)(F)F)c32)C1. The number of alkyl halides is 3. The number of hydrogen-bond donors (Lipinski definition) is 2. The molecular weight excluding hydrogens is 537 g/mol. The van der Waals surface area contributed by atoms with Crippen LogP contribution >= 0.6 is 11.6 Å². The summed E-state index contributed by atoms with van der Waals surface area (Å²) in [5.74, 6) is 0.102. The minimum absolute atomic E-state index is 0.00795. The molecule has 0 unspecified atom stereocenters. The molecular formula is C27H28ClF3N4O4. The van der Waals surface area contributed by atoms with E-state index >= 15 is 0 Å². The first-order valence-corrected chi connectivity index (χ1v) is 13.3. The molecule has 2 aliphatic heterocycles. The second-order valence-corrected chi connectivity index (χ2v) is 11.4. The molecule has 3 aromatic rings. The van der Waals surface area contributed by atoms with Crippen LogP contribution in [0.5, 0.6) is 5.75 Å². The minimum Gasteiger partial charge on any atom is -0.492 e. The zero-order valence-electron chi connectivity index (χ0n) is 21.2. The molecule has 208 valence electrons. The number of fused-ring (bicyclic) bond motifs is 3. The predicted octanol–water partition coefficient (Wildman–Crippen LogP) is 5.73. The topological polar surface area (TPSA) is 88.8 Å². The van der Waals surface area contributed by atoms with Crippen molar-refractivity contribution < 1.29 is 32.5 Å². The van der Waals surface area contributed by atoms with E-state index in [1.165, 1.54) is 17.0 Å². The average molecular weight is 565 g/mol. The van der Waals surface area contributed by atoms with Crippen LogP contribution in [0.15, 0.2) is 36.7 Å². The maximum atomic E-state index is 14.0. The number of amides is 1. The number of aliphatic hydroxyl groups is 1. The van der Waals surface area contributed by atoms with Crippen LogP contribution in [0.2, 0.25) is 5.02 Å². The molecule has 0 bridgehead atoms. The quantitative estimate of drug-likeness (QED) is 0.412. The van der Waals surface area contributed by atoms with Crippen molar-refractivity contribution in [1.82, 2.24) is 14.5 Å². The van der Waals surface area contributed by atoms with Crippen molar-refractivity contribution in [2.24, 2.45) is 0 Å². The van der Waals surface area contributed by atoms with Crippen molar-refractivity contribution in [2.75, 3.05) is 31.6 Å². The number of carbonyl (C=O) groups is 1. The summed E-state index contributed by atoms with van der Waals surface area (Å²) in [5.41, 5.74) is -0.687. The third-order valence-corrected chi connectivity index (χ3v) is 8.26. The van der Waals surface area contributed by atoms with Gasteiger partial charge in [-0.1, -0.05) is 11.6 Å². The number of anilines is 1. The van der Waals surface area contributed by atoms with Gasteiger partial charge in [0, 0.05) is 55.2 Å². The smallest absolute Gasteiger partial charge is 0.418 e. The van der Waals surface area contributed by atoms with Crippen LogP contribution in [0, 0.1) is 0 Å². The second kappa shape index (κ2) is 9.28. The number of piperidine rings is 1. The Balaban J connectivity index is 1.12. The molecule has 1 aliphatic carbocycles. The van der Waals surface area contributed by atoms with E-state index < -0.39 is 29.0 Å². The van der Waals surface area contributed by atoms with Gasteiger partial charge in [-0.3, -0.25) is 10.2 Å². The van der Waals surface area contributed by atoms with Crippen LogP contribution in [-0.4, -0.2) is 57.5 Å². The van der Waals surface area contributed by atoms with E-state index in [0.717, 1.165) is 11.6 Å². The first-order chi connectivity index (χ1) is 18.4. The van der Waals surface area contributed by atoms with Gasteiger partial charge in [0.15, 0.2) is 0 Å². The van der Waals surface area contributed by atoms with Crippen LogP contribution in [-0.2, 0) is 16.5 Å². The van der Waals surface area contributed by atoms with E-state index in [1.54, 1.807) is 19.1 Å². The van der Waals surface area contributed by atoms with Gasteiger partial charge in [-0.15, -0.1) is 0 Å². The molecule has 1 saturated carbocycles. The number of nitrogens with one attached hydrogen (secondary N) is 1. The molecule has 12 heteroatoms. The van der Waals surface area contributed by atoms with Gasteiger partial charge in [-0.2, -0.15) is 13.2 Å². The summed E-state index contributed by atoms with van der Waals surface area (Å²) in [6.07, 6.45) is -1.81. The van der Waals surface area contributed by atoms with Crippen LogP contribution in [0.3, 0.4) is 0 Å². The molecule has 2 N–H and O–H groups in total. The number of likely N-dealkylation sites (tertiary alicyclic amines) is 1. The van der Waals surface area contributed by atoms with E-state index in [9.17, 15) is 23.1 Å². The van der Waals surface area contributed by atoms with E-state index in [4.69, 9.17) is 21.1 Å². The zero-order valence-corrected chi connectivity index (χ0v) is 22.0. The third-order valence-electron chi connectivity index (χ3n) is 8.03. The number of hydrogen-bond acceptors (Lipinski definition) is 6. The maximum Gasteiger partial charge on any atom is 0.418 e. The zero-order chi connectivity index (χ0) is 27.6. The fraction of sp³-hybridized carbons (Fsp3) is 0.481. The van der Waals surface area contributed by atoms with Crippen molar-refractivity contribution in [3.8, 4) is 5.75 Å². The van der Waals surface area contributed by atoms with E-state index in [1.807, 2.05) is 6.07 Å². The molecule has 1 aromatic heterocycles. The average Bonchev–Trinajstić information content (AvgIpc) is 3.27. The predicted molar refractivity (Wildman–Crippen MR) is 138 cm³/mol. The Bertz CT molecular complexity index is 1420. The Labute approximate surface area is 227 Å². The van der Waals surface area contributed by atoms with Gasteiger partial charge in [0.2, 0.25) is 0 Å². The molecule has 1 amide bonds. The number of ether oxygens (including phenoxy) is 2. The van der Waals surface area contributed by atoms with Gasteiger partial charge in [0.05, 0.1) is 34.2 Å². The fourth-order valence-electron chi connectivity index (χ4n) is 6.05. The van der Waals surface area contributed by atoms with E-state index in [-0.39, 0.29) is 29.4 Å². The summed E-state index contributed by atoms with van der Waals surface area (Å²) >= 11 is 6.20. The molecule has 6 rings (SSSR count). The van der Waals surface area contributed by atoms with Crippen LogP contribution in [0.1, 0.15) is 49.8 Å². The lowest BCUT2D eigenvalue weighted by Crippen LogP contribution is -2.49. The van der Waals surface area contributed by atoms with E-state index in [2.05, 4.69) is 15.2 Å². The molecule has 39 heavy (non-hydrogen) atoms. The molecule has 2 fully saturated rings. The molecule has 3 aliphatic rings. The van der Waals surface area contributed by atoms with Gasteiger partial charge in [0.1, 0.15) is 18.0 Å². The third kappa shape index (κ3) is 4.92. The summed E-state index contributed by atoms with van der Waals surface area (Å²) in [6.45, 7) is 3.59. The molecule has 0 atom stereocenters. The summed E-state index contributed by atoms with van der Waals surface area (Å²) < 4.78 is 55.1. The Morgan fingerprint density at radius 1 is 1.23 bits per heavy atom. The lowest BCUT2D eigenvalue weighted by molar-refractivity contribution is -0.136. The molecule has 0 radical (unpaired) electrons. The van der Waals surface area contributed by atoms with Crippen molar-refractivity contribution in [2.45, 2.75) is 56.0 Å². The summed E-state index contributed by atoms with van der Waals surface area (Å²) in [5, 5.41) is 13.3. The summed E-state index contributed by atoms with van der Waals surface area (Å²) in [6, 6.07) is 7.62. The maximum absolute atomic E-state index is 14.0. The van der Waals surface area contributed by atoms with Gasteiger partial charge in [-0.25, -0.2) is 9.78 Å². The Hall–Kier alpha value is -3.02. The molecule has 8 nitrogen and oxygen atoms in total. The standard InChI is InChI=1S/C27H28ClF3N4O4/c1-25(37)13-17(14-25)35-15-32-22-12-18(11-20(23(22)35)27(29,30)31)38-9-8-34-6-4-26(5-7-34)19-10-16(28)2-3-21(19)33-24(36)39-26/h2-3,10-12,15,17,37H,4-9,13-14H2,1H3,(H,33,36). The largest absolute Gasteiger partial charge is 0.492 e. The number of rotatable bonds is 5. The highest BCUT2D eigenvalue weighted by molar-refractivity contribution is 6.30. The Morgan fingerprint density at radius 2 is 1.97 bits per heavy atom. The normalized spacial score (nSPS) is 24.7. The monoisotopic (exact) mass is 564 g/mol. The summed E-state index contributed by atoms with van der Waals surface area (Å²) in [7, 11) is 0. The Kier molecular flexibility index (Phi) is 6.24. The van der Waals surface area contributed by atoms with Crippen molar-refractivity contribution in [3.05, 3.63) is 52.8 Å². The number of imidazole rings is 1. The number of carbonyl (C=O) groups excluding carboxylic acids is 1. The van der Waals surface area contributed by atoms with Gasteiger partial charge >= 0.3 is 12.3 Å². The van der Waals surface area contributed by atoms with Crippen LogP contribution in [0.25, 0.3) is 11.0 Å². The van der Waals surface area contributed by atoms with Crippen LogP contribution in [0.4, 0.5) is 23.7 Å². The number of benzene rings is 2. The summed E-state index contributed by atoms with van der Waals surface area (Å²) in [4.78, 5) is 18.5. The van der Waals surface area contributed by atoms with Crippen molar-refractivity contribution >= 4 is 34.4 Å². The molecule has 3 heterocycles. The highest BCUT2D eigenvalue weighted by Crippen LogP contribution is 2.46. The molecule has 1 spiro atoms. The van der Waals surface area contributed by atoms with Crippen LogP contribution < -0.4 is 10.1 Å². The number of nitrogens with zero attached hydrogens (tertiary/aromatic N) is 3. The molecule has 1 saturated heterocycles. The Morgan fingerprint density at radius 3 is 2.67 bits per heavy atom. The lowest BCUT2D eigenvalue weighted by Gasteiger charge is -2.44. The number of aromatic nitrogens is 2. The van der Waals surface area contributed by atoms with Gasteiger partial charge in [-0.05, 0) is 44.0 Å². The van der Waals surface area contributed by atoms with Crippen molar-refractivity contribution in [1.29, 1.82) is 0 Å². The van der Waals surface area contributed by atoms with E-state index in [0.29, 0.717) is 56.0 Å². The van der Waals surface area contributed by atoms with Crippen molar-refractivity contribution in [3.63, 3.8) is 0 Å². The first kappa shape index (κ1) is 26.2. The highest BCUT2D eigenvalue weighted by Gasteiger charge is 2.45. The fourth-order valence-corrected chi connectivity index (χ4v) is 6.22. The second-order valence-electron chi connectivity index (χ2n) is 10.9. The van der Waals surface area contributed by atoms with Gasteiger partial charge < -0.3 is 19.1 Å². The number of halogens is 4. The minimum atomic E-state index is -4.59. The highest BCUT2D eigenvalue weighted by atomic mass is 35.5.